The monoisotopic (exact) mass is 381 g/mol. The molecule has 0 aromatic heterocycles. The van der Waals surface area contributed by atoms with Gasteiger partial charge < -0.3 is 10.6 Å². The molecule has 6 heteroatoms. The Morgan fingerprint density at radius 1 is 1.27 bits per heavy atom. The Labute approximate surface area is 157 Å². The van der Waals surface area contributed by atoms with Crippen molar-refractivity contribution < 1.29 is 8.60 Å². The molecule has 2 aliphatic carbocycles. The summed E-state index contributed by atoms with van der Waals surface area (Å²) in [6.45, 7) is 1.82. The number of benzene rings is 1. The summed E-state index contributed by atoms with van der Waals surface area (Å²) in [5, 5.41) is 6.36. The molecule has 0 amide bonds. The van der Waals surface area contributed by atoms with Crippen LogP contribution in [0.1, 0.15) is 50.5 Å². The highest BCUT2D eigenvalue weighted by Crippen LogP contribution is 2.47. The van der Waals surface area contributed by atoms with Crippen LogP contribution in [0.3, 0.4) is 0 Å². The molecule has 1 atom stereocenters. The molecule has 1 aromatic carbocycles. The van der Waals surface area contributed by atoms with E-state index in [1.54, 1.807) is 0 Å². The lowest BCUT2D eigenvalue weighted by Crippen LogP contribution is -2.36. The van der Waals surface area contributed by atoms with Crippen molar-refractivity contribution in [1.29, 1.82) is 0 Å². The lowest BCUT2D eigenvalue weighted by atomic mass is 10.0. The fourth-order valence-electron chi connectivity index (χ4n) is 3.33. The third-order valence-corrected chi connectivity index (χ3v) is 7.04. The van der Waals surface area contributed by atoms with Crippen LogP contribution in [-0.4, -0.2) is 36.0 Å². The molecular weight excluding hydrogens is 349 g/mol. The Hall–Kier alpha value is -1.11. The van der Waals surface area contributed by atoms with E-state index in [1.807, 2.05) is 19.2 Å². The first-order valence-corrected chi connectivity index (χ1v) is 11.7. The summed E-state index contributed by atoms with van der Waals surface area (Å²) in [6, 6.07) is 5.23. The second-order valence-electron chi connectivity index (χ2n) is 7.88. The van der Waals surface area contributed by atoms with Gasteiger partial charge in [0.25, 0.3) is 0 Å². The minimum absolute atomic E-state index is 0.218. The van der Waals surface area contributed by atoms with Crippen LogP contribution in [-0.2, 0) is 15.2 Å². The summed E-state index contributed by atoms with van der Waals surface area (Å²) < 4.78 is 30.3. The normalized spacial score (nSPS) is 20.5. The lowest BCUT2D eigenvalue weighted by Gasteiger charge is -2.22. The third kappa shape index (κ3) is 5.44. The molecule has 26 heavy (non-hydrogen) atoms. The van der Waals surface area contributed by atoms with Gasteiger partial charge in [-0.3, -0.25) is 4.21 Å². The van der Waals surface area contributed by atoms with Gasteiger partial charge in [-0.2, -0.15) is 0 Å². The molecule has 0 bridgehead atoms. The van der Waals surface area contributed by atoms with Crippen LogP contribution in [0.4, 0.5) is 10.1 Å². The summed E-state index contributed by atoms with van der Waals surface area (Å²) in [6.07, 6.45) is 7.36. The molecule has 0 spiro atoms. The third-order valence-electron chi connectivity index (χ3n) is 5.33. The number of hydrogen-bond acceptors (Lipinski definition) is 3. The van der Waals surface area contributed by atoms with Crippen molar-refractivity contribution in [3.05, 3.63) is 29.6 Å². The Bertz CT molecular complexity index is 712. The second-order valence-corrected chi connectivity index (χ2v) is 10.1. The van der Waals surface area contributed by atoms with Crippen LogP contribution in [0, 0.1) is 11.7 Å². The Morgan fingerprint density at radius 2 is 2.04 bits per heavy atom. The molecule has 1 unspecified atom stereocenters. The van der Waals surface area contributed by atoms with E-state index in [2.05, 4.69) is 21.2 Å². The fourth-order valence-corrected chi connectivity index (χ4v) is 5.14. The van der Waals surface area contributed by atoms with Gasteiger partial charge in [-0.1, -0.05) is 12.5 Å². The average Bonchev–Trinajstić information content (AvgIpc) is 3.50. The minimum atomic E-state index is -2.34. The zero-order chi connectivity index (χ0) is 18.6. The maximum atomic E-state index is 14.1. The predicted molar refractivity (Wildman–Crippen MR) is 110 cm³/mol. The van der Waals surface area contributed by atoms with Gasteiger partial charge >= 0.3 is 0 Å². The quantitative estimate of drug-likeness (QED) is 0.385. The van der Waals surface area contributed by atoms with Gasteiger partial charge in [0, 0.05) is 22.0 Å². The molecular formula is C20H32FN3OS. The molecule has 0 heterocycles. The molecule has 2 aliphatic rings. The first-order chi connectivity index (χ1) is 12.4. The number of nitrogens with one attached hydrogen (secondary N) is 3. The number of halogens is 1. The van der Waals surface area contributed by atoms with E-state index in [-0.39, 0.29) is 11.4 Å². The molecule has 146 valence electrons. The van der Waals surface area contributed by atoms with Crippen molar-refractivity contribution >= 4 is 21.3 Å². The van der Waals surface area contributed by atoms with E-state index in [0.29, 0.717) is 17.4 Å². The maximum Gasteiger partial charge on any atom is 0.146 e. The van der Waals surface area contributed by atoms with Gasteiger partial charge in [0.2, 0.25) is 0 Å². The van der Waals surface area contributed by atoms with Gasteiger partial charge in [0.1, 0.15) is 5.82 Å². The Morgan fingerprint density at radius 3 is 2.69 bits per heavy atom. The van der Waals surface area contributed by atoms with E-state index >= 15 is 0 Å². The lowest BCUT2D eigenvalue weighted by molar-refractivity contribution is 0.606. The molecule has 0 radical (unpaired) electrons. The molecule has 0 aliphatic heterocycles. The van der Waals surface area contributed by atoms with Gasteiger partial charge in [-0.05, 0) is 81.6 Å². The first kappa shape index (κ1) is 19.6. The molecule has 2 saturated carbocycles. The van der Waals surface area contributed by atoms with Crippen molar-refractivity contribution in [1.82, 2.24) is 10.0 Å². The van der Waals surface area contributed by atoms with Crippen LogP contribution in [0.2, 0.25) is 0 Å². The van der Waals surface area contributed by atoms with E-state index < -0.39 is 9.71 Å². The summed E-state index contributed by atoms with van der Waals surface area (Å²) in [5.41, 5.74) is 1.28. The van der Waals surface area contributed by atoms with E-state index in [0.717, 1.165) is 50.8 Å². The first-order valence-electron chi connectivity index (χ1n) is 9.76. The predicted octanol–water partition coefficient (Wildman–Crippen LogP) is 3.25. The standard InChI is InChI=1S/C20H32FN3OS/c1-22-12-4-3-5-13-26(2,25)24-20(10-11-20)17-8-9-18(21)19(14-17)23-15-16-6-7-16/h8-9,14,16,22-23H,2-7,10-13,15H2,1H3,(H,24,25). The highest BCUT2D eigenvalue weighted by Gasteiger charge is 2.46. The van der Waals surface area contributed by atoms with Crippen molar-refractivity contribution in [2.24, 2.45) is 5.92 Å². The highest BCUT2D eigenvalue weighted by molar-refractivity contribution is 7.98. The number of anilines is 1. The van der Waals surface area contributed by atoms with Crippen LogP contribution >= 0.6 is 0 Å². The van der Waals surface area contributed by atoms with Crippen molar-refractivity contribution in [2.45, 2.75) is 50.5 Å². The van der Waals surface area contributed by atoms with Crippen LogP contribution in [0.5, 0.6) is 0 Å². The summed E-state index contributed by atoms with van der Waals surface area (Å²) >= 11 is 0. The van der Waals surface area contributed by atoms with Crippen LogP contribution in [0.15, 0.2) is 18.2 Å². The molecule has 3 rings (SSSR count). The highest BCUT2D eigenvalue weighted by atomic mass is 32.2. The molecule has 4 nitrogen and oxygen atoms in total. The second kappa shape index (κ2) is 8.28. The summed E-state index contributed by atoms with van der Waals surface area (Å²) in [4.78, 5) is 0. The smallest absolute Gasteiger partial charge is 0.146 e. The van der Waals surface area contributed by atoms with Gasteiger partial charge in [0.05, 0.1) is 11.2 Å². The largest absolute Gasteiger partial charge is 0.382 e. The van der Waals surface area contributed by atoms with Gasteiger partial charge in [-0.15, -0.1) is 0 Å². The van der Waals surface area contributed by atoms with Crippen molar-refractivity contribution in [3.8, 4) is 0 Å². The summed E-state index contributed by atoms with van der Waals surface area (Å²) in [5.74, 6) is 5.02. The molecule has 1 aromatic rings. The van der Waals surface area contributed by atoms with E-state index in [1.165, 1.54) is 18.9 Å². The van der Waals surface area contributed by atoms with Crippen molar-refractivity contribution in [3.63, 3.8) is 0 Å². The van der Waals surface area contributed by atoms with Crippen molar-refractivity contribution in [2.75, 3.05) is 31.2 Å². The van der Waals surface area contributed by atoms with Crippen LogP contribution in [0.25, 0.3) is 0 Å². The number of rotatable bonds is 12. The Kier molecular flexibility index (Phi) is 6.25. The number of unbranched alkanes of at least 4 members (excludes halogenated alkanes) is 2. The molecule has 0 saturated heterocycles. The maximum absolute atomic E-state index is 14.1. The zero-order valence-electron chi connectivity index (χ0n) is 15.8. The van der Waals surface area contributed by atoms with Gasteiger partial charge in [-0.25, -0.2) is 9.11 Å². The van der Waals surface area contributed by atoms with Gasteiger partial charge in [0.15, 0.2) is 0 Å². The van der Waals surface area contributed by atoms with Crippen LogP contribution < -0.4 is 15.4 Å². The topological polar surface area (TPSA) is 53.2 Å². The minimum Gasteiger partial charge on any atom is -0.382 e. The Balaban J connectivity index is 1.59. The molecule has 3 N–H and O–H groups in total. The average molecular weight is 382 g/mol. The summed E-state index contributed by atoms with van der Waals surface area (Å²) in [7, 11) is -0.392. The van der Waals surface area contributed by atoms with E-state index in [9.17, 15) is 8.60 Å². The fraction of sp³-hybridized carbons (Fsp3) is 0.650. The number of hydrogen-bond donors (Lipinski definition) is 3. The zero-order valence-corrected chi connectivity index (χ0v) is 16.6. The van der Waals surface area contributed by atoms with E-state index in [4.69, 9.17) is 0 Å². The SMILES string of the molecule is C=S(=O)(CCCCCNC)NC1(c2ccc(F)c(NCC3CC3)c2)CC1. The molecule has 2 fully saturated rings.